The molecule has 0 radical (unpaired) electrons. The van der Waals surface area contributed by atoms with Gasteiger partial charge in [0.05, 0.1) is 10.9 Å². The average molecular weight is 809 g/mol. The second kappa shape index (κ2) is 17.2. The van der Waals surface area contributed by atoms with Gasteiger partial charge in [0, 0.05) is 11.1 Å². The highest BCUT2D eigenvalue weighted by Crippen LogP contribution is 2.54. The molecule has 0 saturated heterocycles. The highest BCUT2D eigenvalue weighted by Gasteiger charge is 2.83. The van der Waals surface area contributed by atoms with Crippen molar-refractivity contribution in [3.8, 4) is 0 Å². The summed E-state index contributed by atoms with van der Waals surface area (Å²) in [5.74, 6) is -12.6. The number of halogens is 9. The van der Waals surface area contributed by atoms with Crippen LogP contribution in [0.3, 0.4) is 0 Å². The van der Waals surface area contributed by atoms with Gasteiger partial charge in [-0.2, -0.15) is 39.5 Å². The van der Waals surface area contributed by atoms with Crippen molar-refractivity contribution in [2.75, 3.05) is 0 Å². The lowest BCUT2D eigenvalue weighted by atomic mass is 9.76. The molecule has 0 aliphatic heterocycles. The molecule has 3 saturated carbocycles. The summed E-state index contributed by atoms with van der Waals surface area (Å²) < 4.78 is 135. The van der Waals surface area contributed by atoms with Crippen LogP contribution in [0, 0.1) is 0 Å². The van der Waals surface area contributed by atoms with E-state index in [1.54, 1.807) is 21.6 Å². The first-order chi connectivity index (χ1) is 25.4. The smallest absolute Gasteiger partial charge is 0.460 e. The topological polar surface area (TPSA) is 57.2 Å². The number of alkyl halides is 9. The Kier molecular flexibility index (Phi) is 13.5. The van der Waals surface area contributed by atoms with Gasteiger partial charge in [0.2, 0.25) is 0 Å². The molecule has 3 aliphatic rings. The summed E-state index contributed by atoms with van der Waals surface area (Å²) in [5, 5.41) is -7.11. The van der Waals surface area contributed by atoms with Crippen molar-refractivity contribution in [3.63, 3.8) is 0 Å². The van der Waals surface area contributed by atoms with Gasteiger partial charge in [-0.15, -0.1) is 0 Å². The second-order valence-electron chi connectivity index (χ2n) is 14.6. The van der Waals surface area contributed by atoms with Crippen molar-refractivity contribution < 1.29 is 52.5 Å². The van der Waals surface area contributed by atoms with Gasteiger partial charge in [0.15, 0.2) is 24.8 Å². The molecule has 0 N–H and O–H groups in total. The number of hydrogen-bond donors (Lipinski definition) is 0. The minimum Gasteiger partial charge on any atom is -0.743 e. The van der Waals surface area contributed by atoms with Crippen molar-refractivity contribution in [1.29, 1.82) is 0 Å². The standard InChI is InChI=1S/C36H45S.C4HF9O3S/c1-6-16-28(17-7-1)31-26-34(29-18-8-2-9-19-29)36(35(27-31)30-20-10-3-11-21-30)37(32-22-12-4-13-23-32)33-24-14-5-15-25-33;5-1(6,3(9,10)11)2(7,8)4(12,13)17(14,15)16/h4-5,12-15,22-30H,1-3,6-11,16-21H2;(H,14,15,16)/q+1;/p-1. The predicted molar refractivity (Wildman–Crippen MR) is 190 cm³/mol. The molecular formula is C40H45F9O3S2. The van der Waals surface area contributed by atoms with Crippen LogP contribution in [0.25, 0.3) is 0 Å². The summed E-state index contributed by atoms with van der Waals surface area (Å²) in [6.45, 7) is 0. The molecule has 3 aromatic carbocycles. The maximum Gasteiger partial charge on any atom is 0.460 e. The van der Waals surface area contributed by atoms with E-state index in [1.165, 1.54) is 106 Å². The molecule has 0 spiro atoms. The molecule has 3 aliphatic carbocycles. The molecule has 0 unspecified atom stereocenters. The first-order valence-corrected chi connectivity index (χ1v) is 21.2. The summed E-state index contributed by atoms with van der Waals surface area (Å²) in [6, 6.07) is 28.6. The van der Waals surface area contributed by atoms with Crippen LogP contribution in [0.2, 0.25) is 0 Å². The zero-order valence-electron chi connectivity index (χ0n) is 29.7. The van der Waals surface area contributed by atoms with Crippen LogP contribution >= 0.6 is 0 Å². The summed E-state index contributed by atoms with van der Waals surface area (Å²) in [5.41, 5.74) is 5.20. The highest BCUT2D eigenvalue weighted by molar-refractivity contribution is 7.97. The van der Waals surface area contributed by atoms with E-state index in [0.29, 0.717) is 0 Å². The lowest BCUT2D eigenvalue weighted by Gasteiger charge is -2.34. The fourth-order valence-corrected chi connectivity index (χ4v) is 11.0. The van der Waals surface area contributed by atoms with Crippen molar-refractivity contribution in [1.82, 2.24) is 0 Å². The number of hydrogen-bond acceptors (Lipinski definition) is 3. The van der Waals surface area contributed by atoms with E-state index in [9.17, 15) is 52.5 Å². The zero-order valence-corrected chi connectivity index (χ0v) is 31.3. The monoisotopic (exact) mass is 808 g/mol. The van der Waals surface area contributed by atoms with Gasteiger partial charge in [0.1, 0.15) is 0 Å². The van der Waals surface area contributed by atoms with Gasteiger partial charge in [0.25, 0.3) is 0 Å². The SMILES string of the molecule is O=S(=O)([O-])C(F)(F)C(F)(F)C(F)(F)C(F)(F)F.c1ccc([S+](c2ccccc2)c2c(C3CCCCC3)cc(C3CCCCC3)cc2C2CCCCC2)cc1. The molecule has 0 heterocycles. The predicted octanol–water partition coefficient (Wildman–Crippen LogP) is 12.9. The molecule has 3 aromatic rings. The average Bonchev–Trinajstić information content (AvgIpc) is 3.16. The van der Waals surface area contributed by atoms with E-state index in [2.05, 4.69) is 72.8 Å². The maximum atomic E-state index is 12.2. The normalized spacial score (nSPS) is 19.0. The molecule has 3 fully saturated rings. The Morgan fingerprint density at radius 3 is 1.20 bits per heavy atom. The van der Waals surface area contributed by atoms with Crippen molar-refractivity contribution >= 4 is 21.0 Å². The quantitative estimate of drug-likeness (QED) is 0.123. The Balaban J connectivity index is 0.000000281. The van der Waals surface area contributed by atoms with Gasteiger partial charge in [-0.05, 0) is 86.1 Å². The molecule has 0 bridgehead atoms. The molecular weight excluding hydrogens is 764 g/mol. The van der Waals surface area contributed by atoms with E-state index in [0.717, 1.165) is 17.8 Å². The fraction of sp³-hybridized carbons (Fsp3) is 0.550. The fourth-order valence-electron chi connectivity index (χ4n) is 8.04. The van der Waals surface area contributed by atoms with Crippen LogP contribution in [0.5, 0.6) is 0 Å². The first-order valence-electron chi connectivity index (χ1n) is 18.6. The van der Waals surface area contributed by atoms with Crippen LogP contribution in [0.4, 0.5) is 39.5 Å². The minimum absolute atomic E-state index is 0.0543. The van der Waals surface area contributed by atoms with Crippen LogP contribution in [0.15, 0.2) is 87.5 Å². The summed E-state index contributed by atoms with van der Waals surface area (Å²) >= 11 is 0. The molecule has 3 nitrogen and oxygen atoms in total. The van der Waals surface area contributed by atoms with E-state index in [1.807, 2.05) is 0 Å². The molecule has 0 amide bonds. The summed E-state index contributed by atoms with van der Waals surface area (Å²) in [6.07, 6.45) is 13.9. The molecule has 298 valence electrons. The Morgan fingerprint density at radius 1 is 0.519 bits per heavy atom. The molecule has 0 atom stereocenters. The maximum absolute atomic E-state index is 12.2. The number of rotatable bonds is 9. The third-order valence-corrected chi connectivity index (χ3v) is 14.2. The van der Waals surface area contributed by atoms with Gasteiger partial charge in [-0.25, -0.2) is 8.42 Å². The third kappa shape index (κ3) is 8.96. The van der Waals surface area contributed by atoms with Crippen molar-refractivity contribution in [2.45, 2.75) is 152 Å². The number of benzene rings is 3. The van der Waals surface area contributed by atoms with Crippen molar-refractivity contribution in [3.05, 3.63) is 89.5 Å². The van der Waals surface area contributed by atoms with Crippen LogP contribution < -0.4 is 0 Å². The first kappa shape index (κ1) is 42.4. The molecule has 54 heavy (non-hydrogen) atoms. The van der Waals surface area contributed by atoms with E-state index in [-0.39, 0.29) is 10.9 Å². The van der Waals surface area contributed by atoms with Gasteiger partial charge in [-0.1, -0.05) is 106 Å². The Labute approximate surface area is 314 Å². The lowest BCUT2D eigenvalue weighted by molar-refractivity contribution is -0.382. The zero-order chi connectivity index (χ0) is 39.4. The molecule has 6 rings (SSSR count). The highest BCUT2D eigenvalue weighted by atomic mass is 32.2. The summed E-state index contributed by atoms with van der Waals surface area (Å²) in [7, 11) is -7.47. The largest absolute Gasteiger partial charge is 0.743 e. The van der Waals surface area contributed by atoms with Gasteiger partial charge in [-0.3, -0.25) is 0 Å². The second-order valence-corrected chi connectivity index (χ2v) is 18.0. The minimum atomic E-state index is -7.43. The molecule has 0 aromatic heterocycles. The van der Waals surface area contributed by atoms with E-state index in [4.69, 9.17) is 0 Å². The van der Waals surface area contributed by atoms with Gasteiger partial charge < -0.3 is 4.55 Å². The van der Waals surface area contributed by atoms with Crippen LogP contribution in [-0.4, -0.2) is 36.2 Å². The van der Waals surface area contributed by atoms with Crippen LogP contribution in [0.1, 0.15) is 131 Å². The van der Waals surface area contributed by atoms with Crippen molar-refractivity contribution in [2.24, 2.45) is 0 Å². The Hall–Kier alpha value is -2.71. The Bertz CT molecular complexity index is 1690. The Morgan fingerprint density at radius 2 is 0.870 bits per heavy atom. The summed E-state index contributed by atoms with van der Waals surface area (Å²) in [4.78, 5) is 4.72. The lowest BCUT2D eigenvalue weighted by Crippen LogP contribution is -2.63. The molecule has 14 heteroatoms. The van der Waals surface area contributed by atoms with E-state index < -0.39 is 33.4 Å². The van der Waals surface area contributed by atoms with Gasteiger partial charge >= 0.3 is 23.3 Å². The van der Waals surface area contributed by atoms with E-state index >= 15 is 0 Å². The third-order valence-electron chi connectivity index (χ3n) is 10.9. The van der Waals surface area contributed by atoms with Crippen LogP contribution in [-0.2, 0) is 21.0 Å².